The molecule has 1 aromatic rings. The molecule has 0 bridgehead atoms. The van der Waals surface area contributed by atoms with Crippen LogP contribution in [0.2, 0.25) is 0 Å². The van der Waals surface area contributed by atoms with Crippen LogP contribution in [0.5, 0.6) is 17.2 Å². The number of carboxylic acids is 1. The van der Waals surface area contributed by atoms with Gasteiger partial charge in [0, 0.05) is 0 Å². The van der Waals surface area contributed by atoms with Crippen LogP contribution in [0.4, 0.5) is 13.2 Å². The van der Waals surface area contributed by atoms with Crippen LogP contribution in [0.15, 0.2) is 12.1 Å². The van der Waals surface area contributed by atoms with Gasteiger partial charge in [-0.05, 0) is 17.9 Å². The van der Waals surface area contributed by atoms with Crippen LogP contribution >= 0.6 is 0 Å². The first-order valence-electron chi connectivity index (χ1n) is 3.74. The molecule has 0 heterocycles. The number of halogens is 3. The van der Waals surface area contributed by atoms with Crippen LogP contribution < -0.4 is 9.84 Å². The fourth-order valence-corrected chi connectivity index (χ4v) is 0.965. The lowest BCUT2D eigenvalue weighted by molar-refractivity contribution is -0.296. The second-order valence-electron chi connectivity index (χ2n) is 2.64. The first kappa shape index (κ1) is 12.0. The lowest BCUT2D eigenvalue weighted by Crippen LogP contribution is -2.19. The molecule has 0 amide bonds. The van der Waals surface area contributed by atoms with E-state index < -0.39 is 35.1 Å². The number of hydrogen-bond donors (Lipinski definition) is 2. The molecule has 0 fully saturated rings. The van der Waals surface area contributed by atoms with Crippen molar-refractivity contribution >= 4 is 5.97 Å². The van der Waals surface area contributed by atoms with Crippen molar-refractivity contribution in [2.24, 2.45) is 0 Å². The Hall–Kier alpha value is -2.12. The van der Waals surface area contributed by atoms with Crippen molar-refractivity contribution in [2.75, 3.05) is 0 Å². The van der Waals surface area contributed by atoms with Crippen LogP contribution in [0.1, 0.15) is 10.4 Å². The van der Waals surface area contributed by atoms with E-state index in [4.69, 9.17) is 10.2 Å². The van der Waals surface area contributed by atoms with Crippen LogP contribution in [0.25, 0.3) is 0 Å². The highest BCUT2D eigenvalue weighted by Gasteiger charge is 2.32. The number of hydrogen-bond acceptors (Lipinski definition) is 4. The third-order valence-corrected chi connectivity index (χ3v) is 1.54. The van der Waals surface area contributed by atoms with Gasteiger partial charge in [0.1, 0.15) is 11.5 Å². The zero-order chi connectivity index (χ0) is 12.5. The van der Waals surface area contributed by atoms with E-state index in [0.717, 1.165) is 0 Å². The molecule has 2 N–H and O–H groups in total. The number of rotatable bonds is 2. The molecule has 0 aliphatic rings. The van der Waals surface area contributed by atoms with Crippen molar-refractivity contribution in [1.82, 2.24) is 0 Å². The summed E-state index contributed by atoms with van der Waals surface area (Å²) in [7, 11) is 0. The zero-order valence-electron chi connectivity index (χ0n) is 7.41. The molecule has 0 saturated carbocycles. The largest absolute Gasteiger partial charge is 0.869 e. The molecule has 5 nitrogen and oxygen atoms in total. The smallest absolute Gasteiger partial charge is 0.573 e. The molecule has 0 aliphatic carbocycles. The number of alkyl halides is 3. The lowest BCUT2D eigenvalue weighted by Gasteiger charge is -2.18. The average molecular weight is 237 g/mol. The Morgan fingerprint density at radius 2 is 1.94 bits per heavy atom. The molecule has 8 heteroatoms. The van der Waals surface area contributed by atoms with E-state index >= 15 is 0 Å². The minimum atomic E-state index is -5.11. The van der Waals surface area contributed by atoms with Crippen LogP contribution in [-0.4, -0.2) is 22.5 Å². The predicted molar refractivity (Wildman–Crippen MR) is 41.2 cm³/mol. The summed E-state index contributed by atoms with van der Waals surface area (Å²) >= 11 is 0. The van der Waals surface area contributed by atoms with Gasteiger partial charge in [0.15, 0.2) is 0 Å². The van der Waals surface area contributed by atoms with Gasteiger partial charge in [-0.15, -0.1) is 13.2 Å². The highest BCUT2D eigenvalue weighted by atomic mass is 19.4. The van der Waals surface area contributed by atoms with Crippen molar-refractivity contribution < 1.29 is 38.0 Å². The number of aromatic carboxylic acids is 1. The highest BCUT2D eigenvalue weighted by Crippen LogP contribution is 2.36. The number of carboxylic acid groups (broad SMARTS) is 1. The van der Waals surface area contributed by atoms with Gasteiger partial charge in [0.05, 0.1) is 5.56 Å². The summed E-state index contributed by atoms with van der Waals surface area (Å²) in [4.78, 5) is 10.5. The molecule has 0 saturated heterocycles. The summed E-state index contributed by atoms with van der Waals surface area (Å²) in [6.07, 6.45) is -5.11. The number of ether oxygens (including phenoxy) is 1. The van der Waals surface area contributed by atoms with E-state index in [1.807, 2.05) is 0 Å². The second kappa shape index (κ2) is 3.80. The summed E-state index contributed by atoms with van der Waals surface area (Å²) < 4.78 is 38.6. The second-order valence-corrected chi connectivity index (χ2v) is 2.64. The first-order valence-corrected chi connectivity index (χ1v) is 3.74. The predicted octanol–water partition coefficient (Wildman–Crippen LogP) is 1.06. The van der Waals surface area contributed by atoms with E-state index in [0.29, 0.717) is 12.1 Å². The highest BCUT2D eigenvalue weighted by molar-refractivity contribution is 5.94. The van der Waals surface area contributed by atoms with Gasteiger partial charge in [-0.1, -0.05) is 0 Å². The fraction of sp³-hybridized carbons (Fsp3) is 0.125. The Morgan fingerprint density at radius 1 is 1.38 bits per heavy atom. The molecule has 0 unspecified atom stereocenters. The van der Waals surface area contributed by atoms with Crippen LogP contribution in [0.3, 0.4) is 0 Å². The summed E-state index contributed by atoms with van der Waals surface area (Å²) in [6, 6.07) is 1.17. The maximum atomic E-state index is 11.8. The molecule has 0 spiro atoms. The molecule has 1 rings (SSSR count). The maximum absolute atomic E-state index is 11.8. The zero-order valence-corrected chi connectivity index (χ0v) is 7.41. The SMILES string of the molecule is O=C(O)c1c(O)ccc(OC(F)(F)F)c1[O-]. The molecule has 0 aromatic heterocycles. The summed E-state index contributed by atoms with van der Waals surface area (Å²) in [5, 5.41) is 28.6. The topological polar surface area (TPSA) is 89.8 Å². The summed E-state index contributed by atoms with van der Waals surface area (Å²) in [6.45, 7) is 0. The van der Waals surface area contributed by atoms with Gasteiger partial charge in [-0.3, -0.25) is 0 Å². The molecule has 0 radical (unpaired) electrons. The summed E-state index contributed by atoms with van der Waals surface area (Å²) in [5.41, 5.74) is -1.17. The van der Waals surface area contributed by atoms with E-state index in [9.17, 15) is 23.1 Å². The third kappa shape index (κ3) is 2.47. The maximum Gasteiger partial charge on any atom is 0.573 e. The molecular weight excluding hydrogens is 233 g/mol. The Kier molecular flexibility index (Phi) is 2.84. The van der Waals surface area contributed by atoms with E-state index in [1.165, 1.54) is 0 Å². The van der Waals surface area contributed by atoms with Gasteiger partial charge in [0.25, 0.3) is 0 Å². The molecular formula is C8H4F3O5-. The molecule has 0 aliphatic heterocycles. The van der Waals surface area contributed by atoms with Gasteiger partial charge in [0.2, 0.25) is 0 Å². The van der Waals surface area contributed by atoms with Crippen molar-refractivity contribution in [1.29, 1.82) is 0 Å². The minimum Gasteiger partial charge on any atom is -0.869 e. The molecule has 0 atom stereocenters. The lowest BCUT2D eigenvalue weighted by atomic mass is 10.1. The Balaban J connectivity index is 3.24. The van der Waals surface area contributed by atoms with Crippen molar-refractivity contribution in [3.05, 3.63) is 17.7 Å². The monoisotopic (exact) mass is 237 g/mol. The quantitative estimate of drug-likeness (QED) is 0.802. The fourth-order valence-electron chi connectivity index (χ4n) is 0.965. The minimum absolute atomic E-state index is 0.539. The molecule has 1 aromatic carbocycles. The first-order chi connectivity index (χ1) is 7.22. The van der Waals surface area contributed by atoms with Crippen LogP contribution in [0, 0.1) is 0 Å². The Bertz CT molecular complexity index is 426. The Labute approximate surface area is 86.3 Å². The number of phenols is 1. The standard InChI is InChI=1S/C8H5F3O5/c9-8(10,11)16-4-2-1-3(12)5(6(4)13)7(14)15/h1-2,12-13H,(H,14,15)/p-1. The van der Waals surface area contributed by atoms with Crippen molar-refractivity contribution in [3.63, 3.8) is 0 Å². The van der Waals surface area contributed by atoms with Crippen LogP contribution in [-0.2, 0) is 0 Å². The normalized spacial score (nSPS) is 11.2. The molecule has 88 valence electrons. The van der Waals surface area contributed by atoms with E-state index in [2.05, 4.69) is 4.74 Å². The summed E-state index contributed by atoms with van der Waals surface area (Å²) in [5.74, 6) is -5.50. The number of aromatic hydroxyl groups is 1. The van der Waals surface area contributed by atoms with Crippen molar-refractivity contribution in [2.45, 2.75) is 6.36 Å². The average Bonchev–Trinajstić information content (AvgIpc) is 2.07. The number of benzene rings is 1. The van der Waals surface area contributed by atoms with Crippen molar-refractivity contribution in [3.8, 4) is 17.2 Å². The van der Waals surface area contributed by atoms with Gasteiger partial charge < -0.3 is 20.1 Å². The van der Waals surface area contributed by atoms with Gasteiger partial charge in [-0.2, -0.15) is 0 Å². The third-order valence-electron chi connectivity index (χ3n) is 1.54. The van der Waals surface area contributed by atoms with Gasteiger partial charge in [-0.25, -0.2) is 4.79 Å². The Morgan fingerprint density at radius 3 is 2.38 bits per heavy atom. The van der Waals surface area contributed by atoms with E-state index in [1.54, 1.807) is 0 Å². The van der Waals surface area contributed by atoms with E-state index in [-0.39, 0.29) is 0 Å². The number of carbonyl (C=O) groups is 1. The van der Waals surface area contributed by atoms with Gasteiger partial charge >= 0.3 is 12.3 Å². The molecule has 16 heavy (non-hydrogen) atoms.